The maximum atomic E-state index is 5.65. The Balaban J connectivity index is 2.74. The van der Waals surface area contributed by atoms with E-state index >= 15 is 0 Å². The fourth-order valence-electron chi connectivity index (χ4n) is 1.30. The van der Waals surface area contributed by atoms with E-state index in [0.29, 0.717) is 0 Å². The zero-order valence-corrected chi connectivity index (χ0v) is 10.2. The molecule has 0 bridgehead atoms. The number of hydrogen-bond acceptors (Lipinski definition) is 0. The minimum Gasteiger partial charge on any atom is -0.127 e. The molecular formula is C11H14BrCl. The molecule has 1 rings (SSSR count). The van der Waals surface area contributed by atoms with E-state index in [-0.39, 0.29) is 0 Å². The van der Waals surface area contributed by atoms with Crippen molar-refractivity contribution < 1.29 is 0 Å². The minimum absolute atomic E-state index is 0.748. The van der Waals surface area contributed by atoms with Crippen molar-refractivity contribution in [2.75, 3.05) is 5.88 Å². The highest BCUT2D eigenvalue weighted by molar-refractivity contribution is 9.08. The van der Waals surface area contributed by atoms with Gasteiger partial charge in [-0.2, -0.15) is 0 Å². The number of hydrogen-bond donors (Lipinski definition) is 0. The van der Waals surface area contributed by atoms with Crippen LogP contribution in [0.3, 0.4) is 0 Å². The van der Waals surface area contributed by atoms with Crippen LogP contribution in [-0.4, -0.2) is 5.88 Å². The Morgan fingerprint density at radius 3 is 2.77 bits per heavy atom. The Bertz CT molecular complexity index is 271. The molecule has 0 radical (unpaired) electrons. The molecule has 0 amide bonds. The molecule has 0 aliphatic rings. The molecule has 0 saturated carbocycles. The van der Waals surface area contributed by atoms with Crippen molar-refractivity contribution in [2.24, 2.45) is 0 Å². The van der Waals surface area contributed by atoms with Gasteiger partial charge >= 0.3 is 0 Å². The zero-order chi connectivity index (χ0) is 9.68. The molecule has 1 aromatic carbocycles. The van der Waals surface area contributed by atoms with Gasteiger partial charge in [0, 0.05) is 11.2 Å². The van der Waals surface area contributed by atoms with Gasteiger partial charge in [0.15, 0.2) is 0 Å². The summed E-state index contributed by atoms with van der Waals surface area (Å²) in [5.74, 6) is 0.748. The third-order valence-electron chi connectivity index (χ3n) is 2.16. The molecule has 72 valence electrons. The van der Waals surface area contributed by atoms with Gasteiger partial charge in [0.05, 0.1) is 0 Å². The largest absolute Gasteiger partial charge is 0.127 e. The lowest BCUT2D eigenvalue weighted by atomic mass is 10.0. The molecule has 2 heteroatoms. The summed E-state index contributed by atoms with van der Waals surface area (Å²) >= 11 is 9.13. The van der Waals surface area contributed by atoms with Gasteiger partial charge in [-0.15, -0.1) is 11.6 Å². The van der Waals surface area contributed by atoms with Crippen molar-refractivity contribution in [2.45, 2.75) is 25.1 Å². The van der Waals surface area contributed by atoms with Crippen LogP contribution in [0.5, 0.6) is 0 Å². The van der Waals surface area contributed by atoms with Crippen LogP contribution in [0.1, 0.15) is 23.1 Å². The van der Waals surface area contributed by atoms with Gasteiger partial charge in [-0.3, -0.25) is 0 Å². The predicted octanol–water partition coefficient (Wildman–Crippen LogP) is 4.06. The third-order valence-corrected chi connectivity index (χ3v) is 3.03. The number of halogens is 2. The van der Waals surface area contributed by atoms with Crippen LogP contribution >= 0.6 is 27.5 Å². The van der Waals surface area contributed by atoms with Crippen LogP contribution in [0.15, 0.2) is 18.2 Å². The summed E-state index contributed by atoms with van der Waals surface area (Å²) in [4.78, 5) is 0. The van der Waals surface area contributed by atoms with E-state index < -0.39 is 0 Å². The fourth-order valence-corrected chi connectivity index (χ4v) is 2.03. The summed E-state index contributed by atoms with van der Waals surface area (Å²) in [7, 11) is 0. The van der Waals surface area contributed by atoms with Crippen LogP contribution < -0.4 is 0 Å². The standard InChI is InChI=1S/C11H14BrCl/c1-9-4-5-10(3-2-6-13)7-11(9)8-12/h4-5,7H,2-3,6,8H2,1H3. The Kier molecular flexibility index (Phi) is 4.82. The molecule has 0 nitrogen and oxygen atoms in total. The smallest absolute Gasteiger partial charge is 0.0285 e. The van der Waals surface area contributed by atoms with Gasteiger partial charge in [-0.25, -0.2) is 0 Å². The lowest BCUT2D eigenvalue weighted by molar-refractivity contribution is 0.925. The molecular weight excluding hydrogens is 247 g/mol. The lowest BCUT2D eigenvalue weighted by Gasteiger charge is -2.05. The SMILES string of the molecule is Cc1ccc(CCCCl)cc1CBr. The average molecular weight is 262 g/mol. The van der Waals surface area contributed by atoms with E-state index in [2.05, 4.69) is 41.1 Å². The second-order valence-corrected chi connectivity index (χ2v) is 4.13. The Morgan fingerprint density at radius 1 is 1.38 bits per heavy atom. The topological polar surface area (TPSA) is 0 Å². The maximum absolute atomic E-state index is 5.65. The molecule has 0 spiro atoms. The summed E-state index contributed by atoms with van der Waals surface area (Å²) < 4.78 is 0. The normalized spacial score (nSPS) is 10.4. The highest BCUT2D eigenvalue weighted by atomic mass is 79.9. The summed E-state index contributed by atoms with van der Waals surface area (Å²) in [6, 6.07) is 6.63. The van der Waals surface area contributed by atoms with Gasteiger partial charge in [-0.1, -0.05) is 34.1 Å². The number of benzene rings is 1. The maximum Gasteiger partial charge on any atom is 0.0285 e. The molecule has 0 N–H and O–H groups in total. The quantitative estimate of drug-likeness (QED) is 0.717. The van der Waals surface area contributed by atoms with Gasteiger partial charge in [0.1, 0.15) is 0 Å². The van der Waals surface area contributed by atoms with Gasteiger partial charge in [0.2, 0.25) is 0 Å². The summed E-state index contributed by atoms with van der Waals surface area (Å²) in [6.07, 6.45) is 2.15. The Hall–Kier alpha value is -0.0100. The highest BCUT2D eigenvalue weighted by Crippen LogP contribution is 2.15. The first-order valence-electron chi connectivity index (χ1n) is 4.48. The van der Waals surface area contributed by atoms with E-state index in [9.17, 15) is 0 Å². The van der Waals surface area contributed by atoms with E-state index in [1.54, 1.807) is 0 Å². The van der Waals surface area contributed by atoms with Crippen molar-refractivity contribution in [1.82, 2.24) is 0 Å². The highest BCUT2D eigenvalue weighted by Gasteiger charge is 1.98. The van der Waals surface area contributed by atoms with Crippen molar-refractivity contribution >= 4 is 27.5 Å². The number of aryl methyl sites for hydroxylation is 2. The second kappa shape index (κ2) is 5.66. The number of alkyl halides is 2. The summed E-state index contributed by atoms with van der Waals surface area (Å²) in [6.45, 7) is 2.14. The first-order chi connectivity index (χ1) is 6.27. The van der Waals surface area contributed by atoms with Gasteiger partial charge in [0.25, 0.3) is 0 Å². The molecule has 0 fully saturated rings. The molecule has 0 heterocycles. The van der Waals surface area contributed by atoms with E-state index in [1.807, 2.05) is 0 Å². The molecule has 0 atom stereocenters. The summed E-state index contributed by atoms with van der Waals surface area (Å²) in [5.41, 5.74) is 4.12. The second-order valence-electron chi connectivity index (χ2n) is 3.19. The third kappa shape index (κ3) is 3.32. The van der Waals surface area contributed by atoms with Gasteiger partial charge < -0.3 is 0 Å². The first-order valence-corrected chi connectivity index (χ1v) is 6.14. The van der Waals surface area contributed by atoms with E-state index in [1.165, 1.54) is 16.7 Å². The fraction of sp³-hybridized carbons (Fsp3) is 0.455. The molecule has 0 aliphatic heterocycles. The van der Waals surface area contributed by atoms with Crippen LogP contribution in [0.4, 0.5) is 0 Å². The van der Waals surface area contributed by atoms with Gasteiger partial charge in [-0.05, 0) is 36.5 Å². The minimum atomic E-state index is 0.748. The summed E-state index contributed by atoms with van der Waals surface area (Å²) in [5, 5.41) is 0.938. The predicted molar refractivity (Wildman–Crippen MR) is 62.9 cm³/mol. The Morgan fingerprint density at radius 2 is 2.15 bits per heavy atom. The molecule has 13 heavy (non-hydrogen) atoms. The molecule has 0 saturated heterocycles. The molecule has 0 aromatic heterocycles. The monoisotopic (exact) mass is 260 g/mol. The first kappa shape index (κ1) is 11.1. The van der Waals surface area contributed by atoms with Crippen molar-refractivity contribution in [3.63, 3.8) is 0 Å². The molecule has 1 aromatic rings. The zero-order valence-electron chi connectivity index (χ0n) is 7.82. The number of rotatable bonds is 4. The molecule has 0 aliphatic carbocycles. The van der Waals surface area contributed by atoms with Crippen molar-refractivity contribution in [3.05, 3.63) is 34.9 Å². The van der Waals surface area contributed by atoms with Crippen LogP contribution in [-0.2, 0) is 11.8 Å². The molecule has 0 unspecified atom stereocenters. The van der Waals surface area contributed by atoms with E-state index in [4.69, 9.17) is 11.6 Å². The van der Waals surface area contributed by atoms with Crippen molar-refractivity contribution in [3.8, 4) is 0 Å². The van der Waals surface area contributed by atoms with E-state index in [0.717, 1.165) is 24.1 Å². The average Bonchev–Trinajstić information content (AvgIpc) is 2.16. The van der Waals surface area contributed by atoms with Crippen LogP contribution in [0, 0.1) is 6.92 Å². The Labute approximate surface area is 93.4 Å². The van der Waals surface area contributed by atoms with Crippen LogP contribution in [0.25, 0.3) is 0 Å². The van der Waals surface area contributed by atoms with Crippen LogP contribution in [0.2, 0.25) is 0 Å². The lowest BCUT2D eigenvalue weighted by Crippen LogP contribution is -1.91. The van der Waals surface area contributed by atoms with Crippen molar-refractivity contribution in [1.29, 1.82) is 0 Å².